The number of carbonyl (C=O) groups excluding carboxylic acids is 1. The number of likely N-dealkylation sites (tertiary alicyclic amines) is 1. The molecular formula is C18H26N2O2. The summed E-state index contributed by atoms with van der Waals surface area (Å²) in [6.07, 6.45) is 4.31. The van der Waals surface area contributed by atoms with Crippen LogP contribution in [0.4, 0.5) is 0 Å². The Bertz CT molecular complexity index is 485. The molecule has 2 aliphatic heterocycles. The molecule has 22 heavy (non-hydrogen) atoms. The molecule has 0 aliphatic carbocycles. The summed E-state index contributed by atoms with van der Waals surface area (Å²) in [7, 11) is 0. The van der Waals surface area contributed by atoms with Crippen molar-refractivity contribution < 1.29 is 9.90 Å². The number of nitrogens with zero attached hydrogens (tertiary/aromatic N) is 1. The van der Waals surface area contributed by atoms with Gasteiger partial charge in [0.15, 0.2) is 0 Å². The van der Waals surface area contributed by atoms with E-state index in [1.54, 1.807) is 0 Å². The fourth-order valence-electron chi connectivity index (χ4n) is 3.74. The van der Waals surface area contributed by atoms with Crippen molar-refractivity contribution >= 4 is 5.91 Å². The van der Waals surface area contributed by atoms with Gasteiger partial charge < -0.3 is 15.3 Å². The molecule has 0 bridgehead atoms. The fourth-order valence-corrected chi connectivity index (χ4v) is 3.74. The van der Waals surface area contributed by atoms with Crippen LogP contribution >= 0.6 is 0 Å². The van der Waals surface area contributed by atoms with E-state index >= 15 is 0 Å². The molecule has 2 saturated heterocycles. The Kier molecular flexibility index (Phi) is 5.11. The third-order valence-electron chi connectivity index (χ3n) is 4.99. The highest BCUT2D eigenvalue weighted by Gasteiger charge is 2.34. The van der Waals surface area contributed by atoms with Gasteiger partial charge in [-0.2, -0.15) is 0 Å². The molecule has 1 amide bonds. The van der Waals surface area contributed by atoms with Crippen LogP contribution in [-0.2, 0) is 4.79 Å². The number of benzene rings is 1. The van der Waals surface area contributed by atoms with Crippen LogP contribution in [-0.4, -0.2) is 41.6 Å². The third-order valence-corrected chi connectivity index (χ3v) is 4.99. The summed E-state index contributed by atoms with van der Waals surface area (Å²) >= 11 is 0. The number of rotatable bonds is 4. The van der Waals surface area contributed by atoms with E-state index in [0.717, 1.165) is 50.9 Å². The van der Waals surface area contributed by atoms with E-state index in [2.05, 4.69) is 5.32 Å². The molecular weight excluding hydrogens is 276 g/mol. The van der Waals surface area contributed by atoms with E-state index in [1.807, 2.05) is 35.2 Å². The zero-order valence-electron chi connectivity index (χ0n) is 13.1. The van der Waals surface area contributed by atoms with Gasteiger partial charge in [-0.1, -0.05) is 30.3 Å². The predicted octanol–water partition coefficient (Wildman–Crippen LogP) is 2.10. The van der Waals surface area contributed by atoms with Crippen molar-refractivity contribution in [2.45, 2.75) is 44.2 Å². The first kappa shape index (κ1) is 15.5. The van der Waals surface area contributed by atoms with Crippen LogP contribution in [0.5, 0.6) is 0 Å². The van der Waals surface area contributed by atoms with Crippen molar-refractivity contribution in [3.8, 4) is 0 Å². The van der Waals surface area contributed by atoms with Crippen LogP contribution in [0.1, 0.15) is 43.8 Å². The number of aliphatic hydroxyl groups excluding tert-OH is 1. The average molecular weight is 302 g/mol. The van der Waals surface area contributed by atoms with Crippen molar-refractivity contribution in [3.63, 3.8) is 0 Å². The molecule has 0 aromatic heterocycles. The molecule has 3 atom stereocenters. The quantitative estimate of drug-likeness (QED) is 0.895. The average Bonchev–Trinajstić information content (AvgIpc) is 3.04. The SMILES string of the molecule is O=C([C@@H]1CCCNC1)N1CCC[C@H]1C[C@@H](O)c1ccccc1. The number of piperidine rings is 1. The van der Waals surface area contributed by atoms with E-state index in [1.165, 1.54) is 0 Å². The van der Waals surface area contributed by atoms with Crippen LogP contribution < -0.4 is 5.32 Å². The van der Waals surface area contributed by atoms with Gasteiger partial charge in [0, 0.05) is 19.1 Å². The fraction of sp³-hybridized carbons (Fsp3) is 0.611. The first-order valence-corrected chi connectivity index (χ1v) is 8.50. The molecule has 0 saturated carbocycles. The number of nitrogens with one attached hydrogen (secondary N) is 1. The Labute approximate surface area is 132 Å². The van der Waals surface area contributed by atoms with Crippen LogP contribution in [0, 0.1) is 5.92 Å². The lowest BCUT2D eigenvalue weighted by Gasteiger charge is -2.32. The lowest BCUT2D eigenvalue weighted by Crippen LogP contribution is -2.45. The molecule has 0 radical (unpaired) electrons. The summed E-state index contributed by atoms with van der Waals surface area (Å²) < 4.78 is 0. The van der Waals surface area contributed by atoms with Crippen LogP contribution in [0.3, 0.4) is 0 Å². The van der Waals surface area contributed by atoms with E-state index in [9.17, 15) is 9.90 Å². The van der Waals surface area contributed by atoms with Gasteiger partial charge >= 0.3 is 0 Å². The zero-order chi connectivity index (χ0) is 15.4. The largest absolute Gasteiger partial charge is 0.388 e. The maximum atomic E-state index is 12.7. The molecule has 2 fully saturated rings. The molecule has 120 valence electrons. The minimum atomic E-state index is -0.482. The Morgan fingerprint density at radius 1 is 1.27 bits per heavy atom. The molecule has 1 aromatic carbocycles. The topological polar surface area (TPSA) is 52.6 Å². The van der Waals surface area contributed by atoms with Crippen molar-refractivity contribution in [3.05, 3.63) is 35.9 Å². The lowest BCUT2D eigenvalue weighted by atomic mass is 9.96. The van der Waals surface area contributed by atoms with Crippen molar-refractivity contribution in [1.29, 1.82) is 0 Å². The van der Waals surface area contributed by atoms with E-state index in [-0.39, 0.29) is 17.9 Å². The summed E-state index contributed by atoms with van der Waals surface area (Å²) in [5.41, 5.74) is 0.945. The van der Waals surface area contributed by atoms with Gasteiger partial charge in [-0.3, -0.25) is 4.79 Å². The predicted molar refractivity (Wildman–Crippen MR) is 86.3 cm³/mol. The molecule has 4 nitrogen and oxygen atoms in total. The molecule has 1 aromatic rings. The van der Waals surface area contributed by atoms with E-state index in [4.69, 9.17) is 0 Å². The van der Waals surface area contributed by atoms with Crippen molar-refractivity contribution in [2.24, 2.45) is 5.92 Å². The normalized spacial score (nSPS) is 26.9. The summed E-state index contributed by atoms with van der Waals surface area (Å²) in [4.78, 5) is 14.8. The molecule has 2 N–H and O–H groups in total. The molecule has 2 heterocycles. The monoisotopic (exact) mass is 302 g/mol. The highest BCUT2D eigenvalue weighted by Crippen LogP contribution is 2.29. The van der Waals surface area contributed by atoms with Gasteiger partial charge in [0.2, 0.25) is 5.91 Å². The lowest BCUT2D eigenvalue weighted by molar-refractivity contribution is -0.137. The van der Waals surface area contributed by atoms with E-state index in [0.29, 0.717) is 6.42 Å². The standard InChI is InChI=1S/C18H26N2O2/c21-17(14-6-2-1-3-7-14)12-16-9-5-11-20(16)18(22)15-8-4-10-19-13-15/h1-3,6-7,15-17,19,21H,4-5,8-13H2/t15-,16+,17-/m1/s1. The molecule has 2 aliphatic rings. The zero-order valence-corrected chi connectivity index (χ0v) is 13.1. The number of amides is 1. The van der Waals surface area contributed by atoms with Gasteiger partial charge in [-0.25, -0.2) is 0 Å². The number of hydrogen-bond donors (Lipinski definition) is 2. The second kappa shape index (κ2) is 7.25. The molecule has 0 unspecified atom stereocenters. The van der Waals surface area contributed by atoms with Crippen LogP contribution in [0.15, 0.2) is 30.3 Å². The molecule has 0 spiro atoms. The van der Waals surface area contributed by atoms with Crippen molar-refractivity contribution in [1.82, 2.24) is 10.2 Å². The summed E-state index contributed by atoms with van der Waals surface area (Å²) in [6.45, 7) is 2.69. The highest BCUT2D eigenvalue weighted by molar-refractivity contribution is 5.79. The Morgan fingerprint density at radius 2 is 2.09 bits per heavy atom. The van der Waals surface area contributed by atoms with Crippen LogP contribution in [0.2, 0.25) is 0 Å². The van der Waals surface area contributed by atoms with Gasteiger partial charge in [-0.05, 0) is 44.2 Å². The summed E-state index contributed by atoms with van der Waals surface area (Å²) in [5.74, 6) is 0.415. The second-order valence-electron chi connectivity index (χ2n) is 6.53. The van der Waals surface area contributed by atoms with Gasteiger partial charge in [0.25, 0.3) is 0 Å². The summed E-state index contributed by atoms with van der Waals surface area (Å²) in [6, 6.07) is 9.95. The first-order chi connectivity index (χ1) is 10.8. The second-order valence-corrected chi connectivity index (χ2v) is 6.53. The maximum Gasteiger partial charge on any atom is 0.227 e. The number of carbonyl (C=O) groups is 1. The minimum absolute atomic E-state index is 0.128. The molecule has 3 rings (SSSR count). The Hall–Kier alpha value is -1.39. The smallest absolute Gasteiger partial charge is 0.227 e. The van der Waals surface area contributed by atoms with Crippen molar-refractivity contribution in [2.75, 3.05) is 19.6 Å². The first-order valence-electron chi connectivity index (χ1n) is 8.50. The highest BCUT2D eigenvalue weighted by atomic mass is 16.3. The Balaban J connectivity index is 1.61. The summed E-state index contributed by atoms with van der Waals surface area (Å²) in [5, 5.41) is 13.8. The minimum Gasteiger partial charge on any atom is -0.388 e. The third kappa shape index (κ3) is 3.50. The van der Waals surface area contributed by atoms with Gasteiger partial charge in [-0.15, -0.1) is 0 Å². The maximum absolute atomic E-state index is 12.7. The van der Waals surface area contributed by atoms with E-state index < -0.39 is 6.10 Å². The Morgan fingerprint density at radius 3 is 2.82 bits per heavy atom. The number of hydrogen-bond acceptors (Lipinski definition) is 3. The van der Waals surface area contributed by atoms with Gasteiger partial charge in [0.1, 0.15) is 0 Å². The van der Waals surface area contributed by atoms with Crippen LogP contribution in [0.25, 0.3) is 0 Å². The number of aliphatic hydroxyl groups is 1. The molecule has 4 heteroatoms. The van der Waals surface area contributed by atoms with Gasteiger partial charge in [0.05, 0.1) is 12.0 Å².